The number of anilines is 1. The molecule has 3 aromatic heterocycles. The standard InChI is InChI=1S/C23H22ClN7O/c24-19-7-2-1-6-18(19)22-28-27-20-8-9-21(29-31(20)22)30-13-10-16(11-14-30)23(32)26-15-17-5-3-4-12-25-17/h1-9,12,16H,10-11,13-15H2,(H,26,32). The zero-order chi connectivity index (χ0) is 21.9. The second-order valence-corrected chi connectivity index (χ2v) is 8.17. The van der Waals surface area contributed by atoms with E-state index in [2.05, 4.69) is 25.4 Å². The molecular weight excluding hydrogens is 426 g/mol. The molecule has 5 rings (SSSR count). The van der Waals surface area contributed by atoms with Gasteiger partial charge in [0.05, 0.1) is 17.3 Å². The summed E-state index contributed by atoms with van der Waals surface area (Å²) in [5, 5.41) is 16.9. The third-order valence-electron chi connectivity index (χ3n) is 5.72. The lowest BCUT2D eigenvalue weighted by Crippen LogP contribution is -2.40. The van der Waals surface area contributed by atoms with Gasteiger partial charge < -0.3 is 10.2 Å². The molecule has 0 atom stereocenters. The molecule has 0 spiro atoms. The summed E-state index contributed by atoms with van der Waals surface area (Å²) in [7, 11) is 0. The van der Waals surface area contributed by atoms with Crippen LogP contribution in [-0.4, -0.2) is 43.8 Å². The Labute approximate surface area is 190 Å². The van der Waals surface area contributed by atoms with Crippen molar-refractivity contribution >= 4 is 29.0 Å². The van der Waals surface area contributed by atoms with E-state index < -0.39 is 0 Å². The quantitative estimate of drug-likeness (QED) is 0.504. The fraction of sp³-hybridized carbons (Fsp3) is 0.261. The number of hydrogen-bond acceptors (Lipinski definition) is 6. The average Bonchev–Trinajstić information content (AvgIpc) is 3.27. The van der Waals surface area contributed by atoms with E-state index in [4.69, 9.17) is 16.7 Å². The van der Waals surface area contributed by atoms with Gasteiger partial charge in [0.25, 0.3) is 0 Å². The number of piperidine rings is 1. The van der Waals surface area contributed by atoms with Gasteiger partial charge in [0, 0.05) is 30.8 Å². The molecule has 4 aromatic rings. The molecule has 9 heteroatoms. The van der Waals surface area contributed by atoms with E-state index in [1.165, 1.54) is 0 Å². The maximum absolute atomic E-state index is 12.6. The normalized spacial score (nSPS) is 14.6. The fourth-order valence-electron chi connectivity index (χ4n) is 3.95. The number of halogens is 1. The molecule has 1 N–H and O–H groups in total. The maximum Gasteiger partial charge on any atom is 0.223 e. The molecule has 1 aromatic carbocycles. The van der Waals surface area contributed by atoms with Gasteiger partial charge in [-0.1, -0.05) is 29.8 Å². The number of nitrogens with one attached hydrogen (secondary N) is 1. The van der Waals surface area contributed by atoms with Gasteiger partial charge in [0.1, 0.15) is 5.82 Å². The Hall–Kier alpha value is -3.52. The highest BCUT2D eigenvalue weighted by atomic mass is 35.5. The summed E-state index contributed by atoms with van der Waals surface area (Å²) in [6.45, 7) is 1.96. The van der Waals surface area contributed by atoms with Crippen LogP contribution in [-0.2, 0) is 11.3 Å². The summed E-state index contributed by atoms with van der Waals surface area (Å²) < 4.78 is 1.72. The Balaban J connectivity index is 1.26. The highest BCUT2D eigenvalue weighted by molar-refractivity contribution is 6.33. The van der Waals surface area contributed by atoms with E-state index in [1.54, 1.807) is 10.7 Å². The minimum atomic E-state index is -0.00714. The Bertz CT molecular complexity index is 1240. The molecule has 1 amide bonds. The van der Waals surface area contributed by atoms with E-state index in [9.17, 15) is 4.79 Å². The first-order chi connectivity index (χ1) is 15.7. The molecular formula is C23H22ClN7O. The predicted octanol–water partition coefficient (Wildman–Crippen LogP) is 3.37. The SMILES string of the molecule is O=C(NCc1ccccn1)C1CCN(c2ccc3nnc(-c4ccccc4Cl)n3n2)CC1. The van der Waals surface area contributed by atoms with E-state index in [0.29, 0.717) is 23.0 Å². The fourth-order valence-corrected chi connectivity index (χ4v) is 4.17. The molecule has 0 radical (unpaired) electrons. The van der Waals surface area contributed by atoms with Gasteiger partial charge in [-0.05, 0) is 49.2 Å². The second kappa shape index (κ2) is 8.92. The lowest BCUT2D eigenvalue weighted by atomic mass is 9.96. The summed E-state index contributed by atoms with van der Waals surface area (Å²) in [6, 6.07) is 17.1. The van der Waals surface area contributed by atoms with Crippen LogP contribution in [0.15, 0.2) is 60.8 Å². The highest BCUT2D eigenvalue weighted by Crippen LogP contribution is 2.27. The van der Waals surface area contributed by atoms with E-state index in [-0.39, 0.29) is 11.8 Å². The molecule has 1 saturated heterocycles. The van der Waals surface area contributed by atoms with E-state index in [1.807, 2.05) is 54.6 Å². The number of nitrogens with zero attached hydrogens (tertiary/aromatic N) is 6. The summed E-state index contributed by atoms with van der Waals surface area (Å²) in [5.74, 6) is 1.51. The van der Waals surface area contributed by atoms with Crippen molar-refractivity contribution in [2.24, 2.45) is 5.92 Å². The van der Waals surface area contributed by atoms with Gasteiger partial charge in [-0.3, -0.25) is 9.78 Å². The van der Waals surface area contributed by atoms with Gasteiger partial charge >= 0.3 is 0 Å². The molecule has 8 nitrogen and oxygen atoms in total. The van der Waals surface area contributed by atoms with Crippen LogP contribution in [0.25, 0.3) is 17.0 Å². The Morgan fingerprint density at radius 1 is 1.03 bits per heavy atom. The van der Waals surface area contributed by atoms with Crippen molar-refractivity contribution in [2.75, 3.05) is 18.0 Å². The van der Waals surface area contributed by atoms with Crippen LogP contribution in [0.2, 0.25) is 5.02 Å². The number of rotatable bonds is 5. The maximum atomic E-state index is 12.6. The lowest BCUT2D eigenvalue weighted by Gasteiger charge is -2.32. The van der Waals surface area contributed by atoms with Crippen LogP contribution in [0.3, 0.4) is 0 Å². The number of pyridine rings is 1. The van der Waals surface area contributed by atoms with Crippen LogP contribution >= 0.6 is 11.6 Å². The van der Waals surface area contributed by atoms with Crippen molar-refractivity contribution in [1.82, 2.24) is 30.1 Å². The van der Waals surface area contributed by atoms with Crippen LogP contribution in [0.1, 0.15) is 18.5 Å². The number of amides is 1. The average molecular weight is 448 g/mol. The number of carbonyl (C=O) groups is 1. The monoisotopic (exact) mass is 447 g/mol. The Kier molecular flexibility index (Phi) is 5.68. The van der Waals surface area contributed by atoms with Gasteiger partial charge in [-0.25, -0.2) is 0 Å². The van der Waals surface area contributed by atoms with Crippen molar-refractivity contribution in [2.45, 2.75) is 19.4 Å². The molecule has 0 unspecified atom stereocenters. The summed E-state index contributed by atoms with van der Waals surface area (Å²) in [5.41, 5.74) is 2.31. The number of fused-ring (bicyclic) bond motifs is 1. The van der Waals surface area contributed by atoms with Crippen LogP contribution in [0.4, 0.5) is 5.82 Å². The Morgan fingerprint density at radius 2 is 1.84 bits per heavy atom. The molecule has 162 valence electrons. The zero-order valence-corrected chi connectivity index (χ0v) is 18.1. The van der Waals surface area contributed by atoms with Crippen molar-refractivity contribution in [3.8, 4) is 11.4 Å². The largest absolute Gasteiger partial charge is 0.355 e. The third kappa shape index (κ3) is 4.13. The number of benzene rings is 1. The van der Waals surface area contributed by atoms with Crippen LogP contribution in [0, 0.1) is 5.92 Å². The molecule has 1 aliphatic rings. The second-order valence-electron chi connectivity index (χ2n) is 7.77. The van der Waals surface area contributed by atoms with Crippen molar-refractivity contribution in [3.05, 3.63) is 71.5 Å². The van der Waals surface area contributed by atoms with E-state index in [0.717, 1.165) is 43.0 Å². The summed E-state index contributed by atoms with van der Waals surface area (Å²) in [4.78, 5) is 19.0. The highest BCUT2D eigenvalue weighted by Gasteiger charge is 2.26. The number of aromatic nitrogens is 5. The van der Waals surface area contributed by atoms with Gasteiger partial charge in [-0.2, -0.15) is 4.52 Å². The first kappa shape index (κ1) is 20.4. The summed E-state index contributed by atoms with van der Waals surface area (Å²) in [6.07, 6.45) is 3.28. The number of carbonyl (C=O) groups excluding carboxylic acids is 1. The lowest BCUT2D eigenvalue weighted by molar-refractivity contribution is -0.125. The third-order valence-corrected chi connectivity index (χ3v) is 6.05. The summed E-state index contributed by atoms with van der Waals surface area (Å²) >= 11 is 6.35. The van der Waals surface area contributed by atoms with E-state index >= 15 is 0 Å². The van der Waals surface area contributed by atoms with Crippen molar-refractivity contribution in [1.29, 1.82) is 0 Å². The molecule has 1 fully saturated rings. The molecule has 1 aliphatic heterocycles. The Morgan fingerprint density at radius 3 is 2.62 bits per heavy atom. The molecule has 0 saturated carbocycles. The topological polar surface area (TPSA) is 88.3 Å². The van der Waals surface area contributed by atoms with Gasteiger partial charge in [0.2, 0.25) is 5.91 Å². The molecule has 4 heterocycles. The van der Waals surface area contributed by atoms with Crippen LogP contribution < -0.4 is 10.2 Å². The number of hydrogen-bond donors (Lipinski definition) is 1. The smallest absolute Gasteiger partial charge is 0.223 e. The molecule has 32 heavy (non-hydrogen) atoms. The van der Waals surface area contributed by atoms with Crippen molar-refractivity contribution in [3.63, 3.8) is 0 Å². The van der Waals surface area contributed by atoms with Crippen molar-refractivity contribution < 1.29 is 4.79 Å². The van der Waals surface area contributed by atoms with Crippen LogP contribution in [0.5, 0.6) is 0 Å². The minimum Gasteiger partial charge on any atom is -0.355 e. The predicted molar refractivity (Wildman–Crippen MR) is 122 cm³/mol. The zero-order valence-electron chi connectivity index (χ0n) is 17.4. The first-order valence-corrected chi connectivity index (χ1v) is 11.0. The van der Waals surface area contributed by atoms with Gasteiger partial charge in [0.15, 0.2) is 11.5 Å². The molecule has 0 bridgehead atoms. The first-order valence-electron chi connectivity index (χ1n) is 10.6. The van der Waals surface area contributed by atoms with Gasteiger partial charge in [-0.15, -0.1) is 15.3 Å². The molecule has 0 aliphatic carbocycles. The minimum absolute atomic E-state index is 0.00714.